The first-order chi connectivity index (χ1) is 10.6. The zero-order valence-corrected chi connectivity index (χ0v) is 17.0. The summed E-state index contributed by atoms with van der Waals surface area (Å²) >= 11 is 3.35. The molecule has 0 fully saturated rings. The number of hydrogen-bond acceptors (Lipinski definition) is 4. The molecule has 7 heteroatoms. The largest absolute Gasteiger partial charge is 0.496 e. The van der Waals surface area contributed by atoms with E-state index in [1.165, 1.54) is 24.6 Å². The maximum Gasteiger partial charge on any atom is 0.246 e. The quantitative estimate of drug-likeness (QED) is 0.657. The molecule has 0 saturated carbocycles. The molecule has 0 heterocycles. The number of ether oxygens (including phenoxy) is 2. The van der Waals surface area contributed by atoms with E-state index in [4.69, 9.17) is 9.47 Å². The number of methoxy groups -OCH3 is 2. The van der Waals surface area contributed by atoms with E-state index in [-0.39, 0.29) is 16.7 Å². The summed E-state index contributed by atoms with van der Waals surface area (Å²) in [5, 5.41) is 0. The molecule has 0 spiro atoms. The van der Waals surface area contributed by atoms with Crippen molar-refractivity contribution < 1.29 is 17.9 Å². The molecule has 1 aromatic carbocycles. The van der Waals surface area contributed by atoms with Crippen LogP contribution in [-0.4, -0.2) is 40.0 Å². The average molecular weight is 408 g/mol. The van der Waals surface area contributed by atoms with Crippen molar-refractivity contribution in [2.45, 2.75) is 32.6 Å². The molecule has 0 saturated heterocycles. The lowest BCUT2D eigenvalue weighted by atomic mass is 10.2. The van der Waals surface area contributed by atoms with Gasteiger partial charge in [0.05, 0.1) is 18.7 Å². The van der Waals surface area contributed by atoms with E-state index >= 15 is 0 Å². The van der Waals surface area contributed by atoms with Crippen molar-refractivity contribution in [3.8, 4) is 11.5 Å². The third-order valence-corrected chi connectivity index (χ3v) is 5.67. The van der Waals surface area contributed by atoms with Crippen molar-refractivity contribution in [1.29, 1.82) is 0 Å². The molecule has 0 aliphatic rings. The fraction of sp³-hybridized carbons (Fsp3) is 0.625. The minimum Gasteiger partial charge on any atom is -0.496 e. The van der Waals surface area contributed by atoms with Gasteiger partial charge in [-0.15, -0.1) is 0 Å². The summed E-state index contributed by atoms with van der Waals surface area (Å²) < 4.78 is 39.0. The summed E-state index contributed by atoms with van der Waals surface area (Å²) in [7, 11) is -0.712. The molecule has 132 valence electrons. The molecule has 1 aromatic rings. The first-order valence-corrected chi connectivity index (χ1v) is 9.78. The molecule has 0 atom stereocenters. The molecule has 0 aliphatic carbocycles. The van der Waals surface area contributed by atoms with Gasteiger partial charge in [-0.1, -0.05) is 27.7 Å². The molecule has 0 radical (unpaired) electrons. The lowest BCUT2D eigenvalue weighted by Crippen LogP contribution is -2.37. The van der Waals surface area contributed by atoms with Gasteiger partial charge in [0.15, 0.2) is 0 Å². The maximum absolute atomic E-state index is 13.1. The molecule has 23 heavy (non-hydrogen) atoms. The fourth-order valence-electron chi connectivity index (χ4n) is 2.26. The molecule has 0 N–H and O–H groups in total. The molecular formula is C16H26BrNO4S. The van der Waals surface area contributed by atoms with Gasteiger partial charge in [0, 0.05) is 19.2 Å². The third-order valence-electron chi connectivity index (χ3n) is 3.19. The molecule has 0 unspecified atom stereocenters. The van der Waals surface area contributed by atoms with Gasteiger partial charge in [0.2, 0.25) is 10.0 Å². The molecular weight excluding hydrogens is 382 g/mol. The van der Waals surface area contributed by atoms with Crippen molar-refractivity contribution in [3.63, 3.8) is 0 Å². The lowest BCUT2D eigenvalue weighted by Gasteiger charge is -2.26. The SMILES string of the molecule is COc1cc(S(=O)(=O)N(CC(C)C)CC(C)C)c(OC)cc1Br. The minimum atomic E-state index is -3.68. The Morgan fingerprint density at radius 1 is 1.00 bits per heavy atom. The summed E-state index contributed by atoms with van der Waals surface area (Å²) in [5.74, 6) is 1.22. The predicted molar refractivity (Wildman–Crippen MR) is 95.7 cm³/mol. The second-order valence-electron chi connectivity index (χ2n) is 6.25. The Morgan fingerprint density at radius 2 is 1.48 bits per heavy atom. The molecule has 5 nitrogen and oxygen atoms in total. The van der Waals surface area contributed by atoms with E-state index in [1.54, 1.807) is 6.07 Å². The van der Waals surface area contributed by atoms with Crippen molar-refractivity contribution >= 4 is 26.0 Å². The van der Waals surface area contributed by atoms with Crippen LogP contribution in [0.4, 0.5) is 0 Å². The smallest absolute Gasteiger partial charge is 0.246 e. The van der Waals surface area contributed by atoms with E-state index in [2.05, 4.69) is 15.9 Å². The Labute approximate surface area is 148 Å². The number of halogens is 1. The summed E-state index contributed by atoms with van der Waals surface area (Å²) in [6.07, 6.45) is 0. The van der Waals surface area contributed by atoms with Crippen LogP contribution in [0.25, 0.3) is 0 Å². The van der Waals surface area contributed by atoms with E-state index in [0.29, 0.717) is 29.1 Å². The van der Waals surface area contributed by atoms with Gasteiger partial charge in [0.1, 0.15) is 16.4 Å². The van der Waals surface area contributed by atoms with Gasteiger partial charge >= 0.3 is 0 Å². The monoisotopic (exact) mass is 407 g/mol. The first-order valence-electron chi connectivity index (χ1n) is 7.55. The number of rotatable bonds is 8. The van der Waals surface area contributed by atoms with Crippen LogP contribution >= 0.6 is 15.9 Å². The lowest BCUT2D eigenvalue weighted by molar-refractivity contribution is 0.329. The summed E-state index contributed by atoms with van der Waals surface area (Å²) in [6.45, 7) is 8.93. The summed E-state index contributed by atoms with van der Waals surface area (Å²) in [5.41, 5.74) is 0. The summed E-state index contributed by atoms with van der Waals surface area (Å²) in [6, 6.07) is 3.13. The standard InChI is InChI=1S/C16H26BrNO4S/c1-11(2)9-18(10-12(3)4)23(19,20)16-8-14(21-5)13(17)7-15(16)22-6/h7-8,11-12H,9-10H2,1-6H3. The zero-order valence-electron chi connectivity index (χ0n) is 14.6. The normalized spacial score (nSPS) is 12.3. The van der Waals surface area contributed by atoms with Crippen molar-refractivity contribution in [2.24, 2.45) is 11.8 Å². The molecule has 0 aromatic heterocycles. The van der Waals surface area contributed by atoms with Crippen LogP contribution in [-0.2, 0) is 10.0 Å². The Balaban J connectivity index is 3.43. The highest BCUT2D eigenvalue weighted by atomic mass is 79.9. The van der Waals surface area contributed by atoms with E-state index < -0.39 is 10.0 Å². The second kappa shape index (κ2) is 8.35. The van der Waals surface area contributed by atoms with Gasteiger partial charge in [-0.2, -0.15) is 4.31 Å². The Hall–Kier alpha value is -0.790. The fourth-order valence-corrected chi connectivity index (χ4v) is 4.66. The van der Waals surface area contributed by atoms with Crippen LogP contribution in [0.15, 0.2) is 21.5 Å². The van der Waals surface area contributed by atoms with E-state index in [9.17, 15) is 8.42 Å². The summed E-state index contributed by atoms with van der Waals surface area (Å²) in [4.78, 5) is 0.126. The molecule has 0 aliphatic heterocycles. The van der Waals surface area contributed by atoms with Crippen molar-refractivity contribution in [1.82, 2.24) is 4.31 Å². The topological polar surface area (TPSA) is 55.8 Å². The number of hydrogen-bond donors (Lipinski definition) is 0. The van der Waals surface area contributed by atoms with Crippen molar-refractivity contribution in [3.05, 3.63) is 16.6 Å². The van der Waals surface area contributed by atoms with E-state index in [0.717, 1.165) is 0 Å². The Bertz CT molecular complexity index is 619. The van der Waals surface area contributed by atoms with Crippen LogP contribution in [0.5, 0.6) is 11.5 Å². The van der Waals surface area contributed by atoms with Crippen LogP contribution in [0.1, 0.15) is 27.7 Å². The first kappa shape index (κ1) is 20.3. The second-order valence-corrected chi connectivity index (χ2v) is 9.01. The number of nitrogens with zero attached hydrogens (tertiary/aromatic N) is 1. The van der Waals surface area contributed by atoms with Gasteiger partial charge in [-0.3, -0.25) is 0 Å². The number of benzene rings is 1. The Morgan fingerprint density at radius 3 is 1.87 bits per heavy atom. The Kier molecular flexibility index (Phi) is 7.35. The van der Waals surface area contributed by atoms with Gasteiger partial charge in [-0.25, -0.2) is 8.42 Å². The molecule has 1 rings (SSSR count). The van der Waals surface area contributed by atoms with Crippen LogP contribution in [0, 0.1) is 11.8 Å². The highest BCUT2D eigenvalue weighted by Gasteiger charge is 2.30. The van der Waals surface area contributed by atoms with Crippen LogP contribution < -0.4 is 9.47 Å². The molecule has 0 bridgehead atoms. The average Bonchev–Trinajstić information content (AvgIpc) is 2.44. The minimum absolute atomic E-state index is 0.126. The van der Waals surface area contributed by atoms with Crippen molar-refractivity contribution in [2.75, 3.05) is 27.3 Å². The van der Waals surface area contributed by atoms with Gasteiger partial charge in [-0.05, 0) is 33.8 Å². The van der Waals surface area contributed by atoms with Crippen LogP contribution in [0.3, 0.4) is 0 Å². The molecule has 0 amide bonds. The van der Waals surface area contributed by atoms with Crippen LogP contribution in [0.2, 0.25) is 0 Å². The zero-order chi connectivity index (χ0) is 17.8. The third kappa shape index (κ3) is 5.09. The maximum atomic E-state index is 13.1. The van der Waals surface area contributed by atoms with E-state index in [1.807, 2.05) is 27.7 Å². The number of sulfonamides is 1. The van der Waals surface area contributed by atoms with Gasteiger partial charge < -0.3 is 9.47 Å². The predicted octanol–water partition coefficient (Wildman–Crippen LogP) is 3.77. The van der Waals surface area contributed by atoms with Gasteiger partial charge in [0.25, 0.3) is 0 Å². The highest BCUT2D eigenvalue weighted by Crippen LogP contribution is 2.36. The highest BCUT2D eigenvalue weighted by molar-refractivity contribution is 9.10.